The molecule has 4 heteroatoms. The van der Waals surface area contributed by atoms with Crippen molar-refractivity contribution in [2.24, 2.45) is 0 Å². The molecule has 17 heavy (non-hydrogen) atoms. The second-order valence-corrected chi connectivity index (χ2v) is 4.34. The van der Waals surface area contributed by atoms with Gasteiger partial charge >= 0.3 is 0 Å². The zero-order chi connectivity index (χ0) is 12.1. The van der Waals surface area contributed by atoms with Crippen molar-refractivity contribution in [3.8, 4) is 11.5 Å². The minimum atomic E-state index is 0.599. The van der Waals surface area contributed by atoms with E-state index in [0.717, 1.165) is 24.5 Å². The van der Waals surface area contributed by atoms with E-state index in [4.69, 9.17) is 15.2 Å². The predicted octanol–water partition coefficient (Wildman–Crippen LogP) is 1.80. The average Bonchev–Trinajstić information content (AvgIpc) is 2.82. The van der Waals surface area contributed by atoms with Crippen LogP contribution in [-0.4, -0.2) is 26.3 Å². The summed E-state index contributed by atoms with van der Waals surface area (Å²) in [4.78, 5) is 0. The number of nitrogen functional groups attached to an aromatic ring is 1. The molecule has 4 nitrogen and oxygen atoms in total. The molecule has 2 rings (SSSR count). The minimum Gasteiger partial charge on any atom is -0.493 e. The molecular weight excluding hydrogens is 216 g/mol. The summed E-state index contributed by atoms with van der Waals surface area (Å²) in [5, 5.41) is 3.45. The van der Waals surface area contributed by atoms with E-state index in [1.807, 2.05) is 12.1 Å². The second-order valence-electron chi connectivity index (χ2n) is 4.34. The Hall–Kier alpha value is -1.42. The normalized spacial score (nSPS) is 19.2. The fourth-order valence-corrected chi connectivity index (χ4v) is 2.12. The summed E-state index contributed by atoms with van der Waals surface area (Å²) in [6, 6.07) is 6.05. The molecule has 1 atom stereocenters. The molecule has 1 unspecified atom stereocenters. The second kappa shape index (κ2) is 5.77. The molecule has 0 amide bonds. The summed E-state index contributed by atoms with van der Waals surface area (Å²) in [7, 11) is 1.64. The van der Waals surface area contributed by atoms with Crippen LogP contribution in [0.2, 0.25) is 0 Å². The summed E-state index contributed by atoms with van der Waals surface area (Å²) in [6.45, 7) is 1.82. The van der Waals surface area contributed by atoms with Gasteiger partial charge in [-0.1, -0.05) is 0 Å². The van der Waals surface area contributed by atoms with Gasteiger partial charge in [-0.05, 0) is 37.9 Å². The maximum Gasteiger partial charge on any atom is 0.163 e. The summed E-state index contributed by atoms with van der Waals surface area (Å²) in [6.07, 6.45) is 3.54. The number of hydrogen-bond acceptors (Lipinski definition) is 4. The molecule has 1 saturated heterocycles. The van der Waals surface area contributed by atoms with Gasteiger partial charge in [0.25, 0.3) is 0 Å². The van der Waals surface area contributed by atoms with Crippen LogP contribution in [0.25, 0.3) is 0 Å². The van der Waals surface area contributed by atoms with Crippen LogP contribution in [0.4, 0.5) is 5.69 Å². The third kappa shape index (κ3) is 3.27. The highest BCUT2D eigenvalue weighted by Gasteiger charge is 2.14. The van der Waals surface area contributed by atoms with Crippen molar-refractivity contribution >= 4 is 5.69 Å². The van der Waals surface area contributed by atoms with Crippen LogP contribution >= 0.6 is 0 Å². The van der Waals surface area contributed by atoms with Gasteiger partial charge < -0.3 is 20.5 Å². The highest BCUT2D eigenvalue weighted by molar-refractivity contribution is 5.51. The summed E-state index contributed by atoms with van der Waals surface area (Å²) < 4.78 is 11.0. The maximum atomic E-state index is 5.73. The van der Waals surface area contributed by atoms with Gasteiger partial charge in [-0.3, -0.25) is 0 Å². The molecule has 0 saturated carbocycles. The van der Waals surface area contributed by atoms with Gasteiger partial charge in [0.1, 0.15) is 0 Å². The van der Waals surface area contributed by atoms with Crippen LogP contribution in [-0.2, 0) is 0 Å². The first kappa shape index (κ1) is 12.0. The zero-order valence-electron chi connectivity index (χ0n) is 10.2. The standard InChI is InChI=1S/C13H20N2O2/c1-16-12-5-4-10(14)9-13(12)17-8-6-11-3-2-7-15-11/h4-5,9,11,15H,2-3,6-8,14H2,1H3. The highest BCUT2D eigenvalue weighted by atomic mass is 16.5. The van der Waals surface area contributed by atoms with E-state index < -0.39 is 0 Å². The molecule has 0 aromatic heterocycles. The van der Waals surface area contributed by atoms with Crippen LogP contribution in [0.3, 0.4) is 0 Å². The van der Waals surface area contributed by atoms with E-state index >= 15 is 0 Å². The highest BCUT2D eigenvalue weighted by Crippen LogP contribution is 2.29. The lowest BCUT2D eigenvalue weighted by atomic mass is 10.2. The topological polar surface area (TPSA) is 56.5 Å². The van der Waals surface area contributed by atoms with Gasteiger partial charge in [-0.15, -0.1) is 0 Å². The number of benzene rings is 1. The van der Waals surface area contributed by atoms with Gasteiger partial charge in [-0.2, -0.15) is 0 Å². The van der Waals surface area contributed by atoms with Crippen molar-refractivity contribution < 1.29 is 9.47 Å². The monoisotopic (exact) mass is 236 g/mol. The van der Waals surface area contributed by atoms with Crippen LogP contribution in [0, 0.1) is 0 Å². The Labute approximate surface area is 102 Å². The first-order valence-electron chi connectivity index (χ1n) is 6.09. The third-order valence-corrected chi connectivity index (χ3v) is 3.07. The summed E-state index contributed by atoms with van der Waals surface area (Å²) in [5.74, 6) is 1.46. The molecule has 1 heterocycles. The van der Waals surface area contributed by atoms with E-state index in [-0.39, 0.29) is 0 Å². The SMILES string of the molecule is COc1ccc(N)cc1OCCC1CCCN1. The van der Waals surface area contributed by atoms with Crippen LogP contribution in [0.5, 0.6) is 11.5 Å². The Morgan fingerprint density at radius 1 is 1.41 bits per heavy atom. The summed E-state index contributed by atoms with van der Waals surface area (Å²) >= 11 is 0. The van der Waals surface area contributed by atoms with E-state index in [1.165, 1.54) is 12.8 Å². The molecule has 1 aromatic carbocycles. The lowest BCUT2D eigenvalue weighted by Crippen LogP contribution is -2.23. The van der Waals surface area contributed by atoms with E-state index in [1.54, 1.807) is 13.2 Å². The molecular formula is C13H20N2O2. The molecule has 0 spiro atoms. The van der Waals surface area contributed by atoms with Crippen molar-refractivity contribution in [1.82, 2.24) is 5.32 Å². The summed E-state index contributed by atoms with van der Waals surface area (Å²) in [5.41, 5.74) is 6.42. The van der Waals surface area contributed by atoms with Crippen molar-refractivity contribution in [1.29, 1.82) is 0 Å². The molecule has 1 aliphatic heterocycles. The van der Waals surface area contributed by atoms with Crippen molar-refractivity contribution in [2.75, 3.05) is 26.0 Å². The number of hydrogen-bond donors (Lipinski definition) is 2. The quantitative estimate of drug-likeness (QED) is 0.765. The first-order valence-corrected chi connectivity index (χ1v) is 6.09. The fourth-order valence-electron chi connectivity index (χ4n) is 2.12. The molecule has 0 bridgehead atoms. The number of rotatable bonds is 5. The van der Waals surface area contributed by atoms with Crippen molar-refractivity contribution in [2.45, 2.75) is 25.3 Å². The Bertz CT molecular complexity index is 362. The molecule has 1 aliphatic rings. The smallest absolute Gasteiger partial charge is 0.163 e. The third-order valence-electron chi connectivity index (χ3n) is 3.07. The lowest BCUT2D eigenvalue weighted by molar-refractivity contribution is 0.275. The van der Waals surface area contributed by atoms with E-state index in [0.29, 0.717) is 18.3 Å². The van der Waals surface area contributed by atoms with Crippen LogP contribution < -0.4 is 20.5 Å². The number of nitrogens with two attached hydrogens (primary N) is 1. The number of anilines is 1. The number of ether oxygens (including phenoxy) is 2. The van der Waals surface area contributed by atoms with Gasteiger partial charge in [0, 0.05) is 17.8 Å². The lowest BCUT2D eigenvalue weighted by Gasteiger charge is -2.13. The number of methoxy groups -OCH3 is 1. The maximum absolute atomic E-state index is 5.73. The number of nitrogens with one attached hydrogen (secondary N) is 1. The molecule has 0 aliphatic carbocycles. The van der Waals surface area contributed by atoms with Gasteiger partial charge in [0.15, 0.2) is 11.5 Å². The Morgan fingerprint density at radius 3 is 3.00 bits per heavy atom. The molecule has 94 valence electrons. The van der Waals surface area contributed by atoms with Crippen molar-refractivity contribution in [3.05, 3.63) is 18.2 Å². The molecule has 1 aromatic rings. The fraction of sp³-hybridized carbons (Fsp3) is 0.538. The van der Waals surface area contributed by atoms with E-state index in [2.05, 4.69) is 5.32 Å². The zero-order valence-corrected chi connectivity index (χ0v) is 10.2. The minimum absolute atomic E-state index is 0.599. The van der Waals surface area contributed by atoms with Crippen LogP contribution in [0.15, 0.2) is 18.2 Å². The largest absolute Gasteiger partial charge is 0.493 e. The first-order chi connectivity index (χ1) is 8.29. The average molecular weight is 236 g/mol. The van der Waals surface area contributed by atoms with Gasteiger partial charge in [0.05, 0.1) is 13.7 Å². The Kier molecular flexibility index (Phi) is 4.09. The van der Waals surface area contributed by atoms with Gasteiger partial charge in [-0.25, -0.2) is 0 Å². The predicted molar refractivity (Wildman–Crippen MR) is 68.5 cm³/mol. The Balaban J connectivity index is 1.86. The molecule has 0 radical (unpaired) electrons. The Morgan fingerprint density at radius 2 is 2.29 bits per heavy atom. The van der Waals surface area contributed by atoms with Crippen molar-refractivity contribution in [3.63, 3.8) is 0 Å². The van der Waals surface area contributed by atoms with Crippen LogP contribution in [0.1, 0.15) is 19.3 Å². The molecule has 1 fully saturated rings. The molecule has 3 N–H and O–H groups in total. The van der Waals surface area contributed by atoms with Gasteiger partial charge in [0.2, 0.25) is 0 Å². The van der Waals surface area contributed by atoms with E-state index in [9.17, 15) is 0 Å².